The molecule has 0 saturated carbocycles. The average Bonchev–Trinajstić information content (AvgIpc) is 2.10. The molecule has 1 N–H and O–H groups in total. The van der Waals surface area contributed by atoms with Crippen molar-refractivity contribution < 1.29 is 4.79 Å². The van der Waals surface area contributed by atoms with Gasteiger partial charge in [0, 0.05) is 12.5 Å². The quantitative estimate of drug-likeness (QED) is 0.676. The maximum absolute atomic E-state index is 11.9. The van der Waals surface area contributed by atoms with Gasteiger partial charge in [0.25, 0.3) is 0 Å². The molecule has 0 aromatic heterocycles. The van der Waals surface area contributed by atoms with Gasteiger partial charge in [-0.25, -0.2) is 0 Å². The lowest BCUT2D eigenvalue weighted by Gasteiger charge is -2.23. The van der Waals surface area contributed by atoms with Crippen molar-refractivity contribution in [3.05, 3.63) is 0 Å². The minimum absolute atomic E-state index is 0.138. The van der Waals surface area contributed by atoms with Crippen molar-refractivity contribution in [1.29, 1.82) is 0 Å². The zero-order valence-corrected chi connectivity index (χ0v) is 11.7. The average molecular weight is 228 g/mol. The molecule has 0 radical (unpaired) electrons. The lowest BCUT2D eigenvalue weighted by molar-refractivity contribution is -0.127. The highest BCUT2D eigenvalue weighted by molar-refractivity contribution is 5.79. The van der Waals surface area contributed by atoms with Crippen molar-refractivity contribution in [3.63, 3.8) is 0 Å². The van der Waals surface area contributed by atoms with Crippen molar-refractivity contribution in [1.82, 2.24) is 10.2 Å². The zero-order chi connectivity index (χ0) is 12.7. The second-order valence-corrected chi connectivity index (χ2v) is 5.46. The van der Waals surface area contributed by atoms with Gasteiger partial charge in [-0.05, 0) is 38.9 Å². The van der Waals surface area contributed by atoms with Crippen LogP contribution in [0.4, 0.5) is 0 Å². The van der Waals surface area contributed by atoms with E-state index in [9.17, 15) is 4.79 Å². The van der Waals surface area contributed by atoms with Crippen LogP contribution in [0.15, 0.2) is 0 Å². The molecule has 0 aromatic carbocycles. The molecule has 0 aliphatic heterocycles. The first-order valence-corrected chi connectivity index (χ1v) is 6.28. The molecule has 0 rings (SSSR count). The summed E-state index contributed by atoms with van der Waals surface area (Å²) in [6.07, 6.45) is 1.02. The lowest BCUT2D eigenvalue weighted by Crippen LogP contribution is -2.37. The Balaban J connectivity index is 3.93. The van der Waals surface area contributed by atoms with Crippen LogP contribution in [0.25, 0.3) is 0 Å². The van der Waals surface area contributed by atoms with Crippen molar-refractivity contribution in [2.75, 3.05) is 27.2 Å². The summed E-state index contributed by atoms with van der Waals surface area (Å²) in [4.78, 5) is 14.1. The van der Waals surface area contributed by atoms with Crippen molar-refractivity contribution in [3.8, 4) is 0 Å². The van der Waals surface area contributed by atoms with Crippen LogP contribution in [-0.4, -0.2) is 38.0 Å². The van der Waals surface area contributed by atoms with Gasteiger partial charge in [-0.2, -0.15) is 0 Å². The van der Waals surface area contributed by atoms with Crippen LogP contribution in [0.1, 0.15) is 34.1 Å². The van der Waals surface area contributed by atoms with Gasteiger partial charge in [-0.1, -0.05) is 27.7 Å². The Kier molecular flexibility index (Phi) is 7.39. The summed E-state index contributed by atoms with van der Waals surface area (Å²) < 4.78 is 0. The maximum Gasteiger partial charge on any atom is 0.223 e. The van der Waals surface area contributed by atoms with Crippen LogP contribution in [0.2, 0.25) is 0 Å². The van der Waals surface area contributed by atoms with E-state index >= 15 is 0 Å². The van der Waals surface area contributed by atoms with E-state index in [1.807, 2.05) is 14.1 Å². The number of nitrogens with one attached hydrogen (secondary N) is 1. The Bertz CT molecular complexity index is 192. The zero-order valence-electron chi connectivity index (χ0n) is 11.7. The van der Waals surface area contributed by atoms with E-state index in [0.717, 1.165) is 19.5 Å². The molecule has 0 aliphatic carbocycles. The van der Waals surface area contributed by atoms with Gasteiger partial charge in [0.05, 0.1) is 0 Å². The van der Waals surface area contributed by atoms with Gasteiger partial charge in [0.2, 0.25) is 5.91 Å². The predicted octanol–water partition coefficient (Wildman–Crippen LogP) is 1.98. The van der Waals surface area contributed by atoms with Crippen molar-refractivity contribution in [2.45, 2.75) is 34.1 Å². The van der Waals surface area contributed by atoms with E-state index in [0.29, 0.717) is 11.8 Å². The highest BCUT2D eigenvalue weighted by atomic mass is 16.1. The molecule has 0 aromatic rings. The SMILES string of the molecule is CC(C)C(C(=O)NCCCN(C)C)C(C)C. The number of carbonyl (C=O) groups excluding carboxylic acids is 1. The van der Waals surface area contributed by atoms with E-state index in [1.165, 1.54) is 0 Å². The number of amides is 1. The highest BCUT2D eigenvalue weighted by Crippen LogP contribution is 2.20. The first kappa shape index (κ1) is 15.4. The van der Waals surface area contributed by atoms with Crippen LogP contribution < -0.4 is 5.32 Å². The van der Waals surface area contributed by atoms with Gasteiger partial charge in [0.1, 0.15) is 0 Å². The van der Waals surface area contributed by atoms with Crippen LogP contribution in [-0.2, 0) is 4.79 Å². The van der Waals surface area contributed by atoms with Crippen LogP contribution in [0.3, 0.4) is 0 Å². The number of carbonyl (C=O) groups is 1. The monoisotopic (exact) mass is 228 g/mol. The Morgan fingerprint density at radius 1 is 1.12 bits per heavy atom. The summed E-state index contributed by atoms with van der Waals surface area (Å²) in [6, 6.07) is 0. The molecule has 0 fully saturated rings. The standard InChI is InChI=1S/C13H28N2O/c1-10(2)12(11(3)4)13(16)14-8-7-9-15(5)6/h10-12H,7-9H2,1-6H3,(H,14,16). The second-order valence-electron chi connectivity index (χ2n) is 5.46. The minimum atomic E-state index is 0.138. The summed E-state index contributed by atoms with van der Waals surface area (Å²) >= 11 is 0. The third-order valence-electron chi connectivity index (χ3n) is 2.82. The Morgan fingerprint density at radius 3 is 2.00 bits per heavy atom. The van der Waals surface area contributed by atoms with Crippen LogP contribution >= 0.6 is 0 Å². The normalized spacial score (nSPS) is 11.9. The molecular formula is C13H28N2O. The van der Waals surface area contributed by atoms with Crippen molar-refractivity contribution in [2.24, 2.45) is 17.8 Å². The van der Waals surface area contributed by atoms with E-state index in [1.54, 1.807) is 0 Å². The number of nitrogens with zero attached hydrogens (tertiary/aromatic N) is 1. The lowest BCUT2D eigenvalue weighted by atomic mass is 9.85. The summed E-state index contributed by atoms with van der Waals surface area (Å²) in [6.45, 7) is 10.3. The van der Waals surface area contributed by atoms with E-state index in [4.69, 9.17) is 0 Å². The topological polar surface area (TPSA) is 32.3 Å². The first-order valence-electron chi connectivity index (χ1n) is 6.28. The molecule has 0 bridgehead atoms. The highest BCUT2D eigenvalue weighted by Gasteiger charge is 2.24. The third kappa shape index (κ3) is 6.11. The fourth-order valence-corrected chi connectivity index (χ4v) is 2.10. The Morgan fingerprint density at radius 2 is 1.62 bits per heavy atom. The molecule has 0 heterocycles. The smallest absolute Gasteiger partial charge is 0.223 e. The fraction of sp³-hybridized carbons (Fsp3) is 0.923. The molecular weight excluding hydrogens is 200 g/mol. The molecule has 0 spiro atoms. The van der Waals surface area contributed by atoms with Crippen LogP contribution in [0, 0.1) is 17.8 Å². The van der Waals surface area contributed by atoms with E-state index in [-0.39, 0.29) is 11.8 Å². The first-order chi connectivity index (χ1) is 7.36. The van der Waals surface area contributed by atoms with Gasteiger partial charge in [-0.15, -0.1) is 0 Å². The molecule has 0 aliphatic rings. The molecule has 0 saturated heterocycles. The summed E-state index contributed by atoms with van der Waals surface area (Å²) in [5.41, 5.74) is 0. The van der Waals surface area contributed by atoms with E-state index < -0.39 is 0 Å². The molecule has 96 valence electrons. The third-order valence-corrected chi connectivity index (χ3v) is 2.82. The molecule has 0 unspecified atom stereocenters. The predicted molar refractivity (Wildman–Crippen MR) is 69.3 cm³/mol. The summed E-state index contributed by atoms with van der Waals surface area (Å²) in [5, 5.41) is 3.04. The van der Waals surface area contributed by atoms with Gasteiger partial charge in [-0.3, -0.25) is 4.79 Å². The van der Waals surface area contributed by atoms with Gasteiger partial charge < -0.3 is 10.2 Å². The maximum atomic E-state index is 11.9. The second kappa shape index (κ2) is 7.66. The fourth-order valence-electron chi connectivity index (χ4n) is 2.10. The molecule has 1 amide bonds. The number of hydrogen-bond donors (Lipinski definition) is 1. The molecule has 3 heteroatoms. The summed E-state index contributed by atoms with van der Waals surface area (Å²) in [7, 11) is 4.10. The Hall–Kier alpha value is -0.570. The number of rotatable bonds is 7. The summed E-state index contributed by atoms with van der Waals surface area (Å²) in [5.74, 6) is 1.17. The number of hydrogen-bond acceptors (Lipinski definition) is 2. The molecule has 3 nitrogen and oxygen atoms in total. The largest absolute Gasteiger partial charge is 0.356 e. The molecule has 0 atom stereocenters. The van der Waals surface area contributed by atoms with Gasteiger partial charge >= 0.3 is 0 Å². The van der Waals surface area contributed by atoms with Gasteiger partial charge in [0.15, 0.2) is 0 Å². The Labute approximate surface area is 101 Å². The minimum Gasteiger partial charge on any atom is -0.356 e. The van der Waals surface area contributed by atoms with Crippen molar-refractivity contribution >= 4 is 5.91 Å². The van der Waals surface area contributed by atoms with E-state index in [2.05, 4.69) is 37.9 Å². The molecule has 16 heavy (non-hydrogen) atoms. The van der Waals surface area contributed by atoms with Crippen LogP contribution in [0.5, 0.6) is 0 Å².